The van der Waals surface area contributed by atoms with E-state index in [-0.39, 0.29) is 26.6 Å². The van der Waals surface area contributed by atoms with E-state index in [2.05, 4.69) is 28.9 Å². The van der Waals surface area contributed by atoms with Crippen LogP contribution in [-0.4, -0.2) is 13.1 Å². The first-order valence-corrected chi connectivity index (χ1v) is 7.70. The maximum atomic E-state index is 12.7. The molecule has 0 N–H and O–H groups in total. The van der Waals surface area contributed by atoms with Gasteiger partial charge in [0, 0.05) is 44.5 Å². The van der Waals surface area contributed by atoms with E-state index in [4.69, 9.17) is 0 Å². The fraction of sp³-hybridized carbons (Fsp3) is 0.263. The Bertz CT molecular complexity index is 673. The predicted octanol–water partition coefficient (Wildman–Crippen LogP) is 5.45. The number of para-hydroxylation sites is 1. The molecule has 0 aromatic heterocycles. The van der Waals surface area contributed by atoms with Crippen molar-refractivity contribution in [2.45, 2.75) is 12.8 Å². The van der Waals surface area contributed by atoms with Crippen LogP contribution in [0.25, 0.3) is 5.32 Å². The van der Waals surface area contributed by atoms with Crippen LogP contribution in [0.3, 0.4) is 0 Å². The van der Waals surface area contributed by atoms with Crippen LogP contribution in [0.5, 0.6) is 0 Å². The molecule has 0 aliphatic carbocycles. The van der Waals surface area contributed by atoms with Crippen molar-refractivity contribution < 1.29 is 29.8 Å². The first-order valence-electron chi connectivity index (χ1n) is 7.70. The minimum Gasteiger partial charge on any atom is -0.691 e. The second-order valence-electron chi connectivity index (χ2n) is 5.75. The molecule has 3 rings (SSSR count). The van der Waals surface area contributed by atoms with Gasteiger partial charge in [-0.3, -0.25) is 0 Å². The van der Waals surface area contributed by atoms with Gasteiger partial charge in [0.1, 0.15) is 0 Å². The Morgan fingerprint density at radius 1 is 1.17 bits per heavy atom. The third-order valence-corrected chi connectivity index (χ3v) is 4.18. The van der Waals surface area contributed by atoms with Crippen LogP contribution >= 0.6 is 0 Å². The molecule has 1 unspecified atom stereocenters. The normalized spacial score (nSPS) is 16.3. The fourth-order valence-electron chi connectivity index (χ4n) is 3.07. The molecule has 0 radical (unpaired) electrons. The second-order valence-corrected chi connectivity index (χ2v) is 5.75. The molecule has 1 aliphatic rings. The van der Waals surface area contributed by atoms with Gasteiger partial charge in [0.2, 0.25) is 0 Å². The van der Waals surface area contributed by atoms with Gasteiger partial charge in [-0.25, -0.2) is 8.78 Å². The topological polar surface area (TPSA) is 17.3 Å². The zero-order chi connectivity index (χ0) is 16.2. The smallest absolute Gasteiger partial charge is 0.263 e. The number of nitrogens with zero attached hydrogens (tertiary/aromatic N) is 2. The van der Waals surface area contributed by atoms with Crippen molar-refractivity contribution in [3.8, 4) is 0 Å². The molecule has 2 aromatic rings. The summed E-state index contributed by atoms with van der Waals surface area (Å²) >= 11 is 0. The van der Waals surface area contributed by atoms with E-state index in [9.17, 15) is 8.78 Å². The summed E-state index contributed by atoms with van der Waals surface area (Å²) in [5.74, 6) is 0.387. The molecule has 0 amide bonds. The number of alkyl halides is 2. The summed E-state index contributed by atoms with van der Waals surface area (Å²) in [6.45, 7) is 5.19. The molecule has 0 saturated heterocycles. The molecule has 0 bridgehead atoms. The fourth-order valence-corrected chi connectivity index (χ4v) is 3.07. The van der Waals surface area contributed by atoms with Crippen molar-refractivity contribution in [2.24, 2.45) is 5.92 Å². The molecular formula is C19H19F2N2W-. The molecule has 1 atom stereocenters. The van der Waals surface area contributed by atoms with Crippen LogP contribution in [0.15, 0.2) is 61.3 Å². The zero-order valence-electron chi connectivity index (χ0n) is 13.2. The van der Waals surface area contributed by atoms with Gasteiger partial charge in [0.25, 0.3) is 6.43 Å². The molecule has 2 aromatic carbocycles. The Hall–Kier alpha value is -1.67. The maximum Gasteiger partial charge on any atom is 0.263 e. The SMILES string of the molecule is C=C[N-]CC1Cc2ccccc2N(c2ccc(C(F)F)cc2)C1.[W]. The van der Waals surface area contributed by atoms with E-state index in [1.165, 1.54) is 17.7 Å². The number of rotatable bonds is 5. The predicted molar refractivity (Wildman–Crippen MR) is 90.5 cm³/mol. The van der Waals surface area contributed by atoms with Crippen LogP contribution in [0.2, 0.25) is 0 Å². The largest absolute Gasteiger partial charge is 0.691 e. The quantitative estimate of drug-likeness (QED) is 0.538. The minimum atomic E-state index is -2.43. The number of halogens is 2. The van der Waals surface area contributed by atoms with Gasteiger partial charge in [0.15, 0.2) is 0 Å². The molecule has 2 nitrogen and oxygen atoms in total. The van der Waals surface area contributed by atoms with Crippen LogP contribution in [0.1, 0.15) is 17.6 Å². The summed E-state index contributed by atoms with van der Waals surface area (Å²) in [6.07, 6.45) is 0.123. The van der Waals surface area contributed by atoms with Gasteiger partial charge in [-0.2, -0.15) is 6.20 Å². The van der Waals surface area contributed by atoms with Gasteiger partial charge in [-0.05, 0) is 36.1 Å². The van der Waals surface area contributed by atoms with Crippen LogP contribution in [0, 0.1) is 5.92 Å². The average Bonchev–Trinajstić information content (AvgIpc) is 2.59. The van der Waals surface area contributed by atoms with E-state index >= 15 is 0 Å². The summed E-state index contributed by atoms with van der Waals surface area (Å²) < 4.78 is 25.5. The number of hydrogen-bond acceptors (Lipinski definition) is 1. The molecule has 1 heterocycles. The van der Waals surface area contributed by atoms with Gasteiger partial charge >= 0.3 is 0 Å². The Morgan fingerprint density at radius 3 is 2.54 bits per heavy atom. The van der Waals surface area contributed by atoms with E-state index < -0.39 is 6.43 Å². The van der Waals surface area contributed by atoms with Crippen LogP contribution in [0.4, 0.5) is 20.2 Å². The van der Waals surface area contributed by atoms with Gasteiger partial charge in [0.05, 0.1) is 0 Å². The van der Waals surface area contributed by atoms with E-state index in [0.29, 0.717) is 5.92 Å². The molecule has 1 aliphatic heterocycles. The maximum absolute atomic E-state index is 12.7. The molecule has 126 valence electrons. The Labute approximate surface area is 155 Å². The van der Waals surface area contributed by atoms with Crippen molar-refractivity contribution in [1.82, 2.24) is 0 Å². The number of hydrogen-bond donors (Lipinski definition) is 0. The molecule has 0 saturated carbocycles. The third kappa shape index (κ3) is 4.05. The van der Waals surface area contributed by atoms with Crippen molar-refractivity contribution in [3.05, 3.63) is 77.8 Å². The van der Waals surface area contributed by atoms with Gasteiger partial charge in [-0.1, -0.05) is 30.3 Å². The van der Waals surface area contributed by atoms with E-state index in [1.807, 2.05) is 12.1 Å². The van der Waals surface area contributed by atoms with Crippen molar-refractivity contribution in [3.63, 3.8) is 0 Å². The summed E-state index contributed by atoms with van der Waals surface area (Å²) in [7, 11) is 0. The third-order valence-electron chi connectivity index (χ3n) is 4.18. The molecule has 24 heavy (non-hydrogen) atoms. The summed E-state index contributed by atoms with van der Waals surface area (Å²) in [5, 5.41) is 4.27. The van der Waals surface area contributed by atoms with E-state index in [1.54, 1.807) is 18.3 Å². The zero-order valence-corrected chi connectivity index (χ0v) is 16.2. The Kier molecular flexibility index (Phi) is 6.56. The van der Waals surface area contributed by atoms with Crippen LogP contribution < -0.4 is 4.90 Å². The van der Waals surface area contributed by atoms with Crippen LogP contribution in [-0.2, 0) is 27.5 Å². The molecule has 0 fully saturated rings. The van der Waals surface area contributed by atoms with Crippen molar-refractivity contribution in [2.75, 3.05) is 18.0 Å². The van der Waals surface area contributed by atoms with Crippen molar-refractivity contribution in [1.29, 1.82) is 0 Å². The summed E-state index contributed by atoms with van der Waals surface area (Å²) in [4.78, 5) is 2.19. The number of benzene rings is 2. The Balaban J connectivity index is 0.00000208. The standard InChI is InChI=1S/C19H19F2N2.W/c1-2-22-12-14-11-16-5-3-4-6-18(16)23(13-14)17-9-7-15(8-10-17)19(20)21;/h2-10,14,19H,1,11-13H2;/q-1;. The van der Waals surface area contributed by atoms with Gasteiger partial charge in [-0.15, -0.1) is 13.1 Å². The Morgan fingerprint density at radius 2 is 1.88 bits per heavy atom. The number of anilines is 2. The monoisotopic (exact) mass is 497 g/mol. The first-order chi connectivity index (χ1) is 11.2. The first kappa shape index (κ1) is 18.7. The minimum absolute atomic E-state index is 0. The molecule has 5 heteroatoms. The second kappa shape index (κ2) is 8.43. The summed E-state index contributed by atoms with van der Waals surface area (Å²) in [5.41, 5.74) is 3.40. The molecular weight excluding hydrogens is 478 g/mol. The van der Waals surface area contributed by atoms with Gasteiger partial charge < -0.3 is 10.2 Å². The molecule has 0 spiro atoms. The van der Waals surface area contributed by atoms with Crippen molar-refractivity contribution >= 4 is 11.4 Å². The van der Waals surface area contributed by atoms with E-state index in [0.717, 1.165) is 30.9 Å². The average molecular weight is 497 g/mol. The number of fused-ring (bicyclic) bond motifs is 1. The summed E-state index contributed by atoms with van der Waals surface area (Å²) in [6, 6.07) is 14.8.